The first-order chi connectivity index (χ1) is 17.1. The molecule has 9 nitrogen and oxygen atoms in total. The van der Waals surface area contributed by atoms with Crippen molar-refractivity contribution in [1.29, 1.82) is 0 Å². The molecule has 2 saturated heterocycles. The Morgan fingerprint density at radius 1 is 1.22 bits per heavy atom. The molecule has 2 amide bonds. The Kier molecular flexibility index (Phi) is 7.80. The van der Waals surface area contributed by atoms with Crippen LogP contribution in [0.4, 0.5) is 5.69 Å². The van der Waals surface area contributed by atoms with Crippen molar-refractivity contribution < 1.29 is 19.1 Å². The first-order valence-corrected chi connectivity index (χ1v) is 12.6. The Morgan fingerprint density at radius 2 is 1.95 bits per heavy atom. The SMILES string of the molecule is C.C[C@@H]1CN(C(=O)CN2CC(C)(C)OC[C@H]2C(=O)Nc2cc(Cl)cc3c2[nH]c2cnccc23)C[C@H](C)O1. The second-order valence-corrected chi connectivity index (χ2v) is 10.9. The molecule has 2 fully saturated rings. The van der Waals surface area contributed by atoms with Gasteiger partial charge in [0.05, 0.1) is 53.9 Å². The average molecular weight is 530 g/mol. The zero-order chi connectivity index (χ0) is 25.6. The van der Waals surface area contributed by atoms with Gasteiger partial charge in [-0.15, -0.1) is 0 Å². The van der Waals surface area contributed by atoms with Crippen LogP contribution < -0.4 is 5.32 Å². The van der Waals surface area contributed by atoms with Crippen molar-refractivity contribution in [3.63, 3.8) is 0 Å². The molecule has 0 unspecified atom stereocenters. The van der Waals surface area contributed by atoms with Gasteiger partial charge in [0, 0.05) is 41.6 Å². The van der Waals surface area contributed by atoms with E-state index in [2.05, 4.69) is 15.3 Å². The summed E-state index contributed by atoms with van der Waals surface area (Å²) in [6.45, 7) is 9.73. The Hall–Kier alpha value is -2.72. The monoisotopic (exact) mass is 529 g/mol. The minimum atomic E-state index is -0.627. The lowest BCUT2D eigenvalue weighted by atomic mass is 10.0. The van der Waals surface area contributed by atoms with Gasteiger partial charge in [0.2, 0.25) is 11.8 Å². The van der Waals surface area contributed by atoms with Crippen LogP contribution in [0.2, 0.25) is 5.02 Å². The highest BCUT2D eigenvalue weighted by molar-refractivity contribution is 6.33. The molecular formula is C27H36ClN5O4. The summed E-state index contributed by atoms with van der Waals surface area (Å²) in [6.07, 6.45) is 3.43. The molecule has 4 heterocycles. The first kappa shape index (κ1) is 27.3. The molecule has 2 aliphatic heterocycles. The van der Waals surface area contributed by atoms with Gasteiger partial charge in [-0.2, -0.15) is 0 Å². The molecule has 2 N–H and O–H groups in total. The molecule has 0 aliphatic carbocycles. The number of carbonyl (C=O) groups is 2. The van der Waals surface area contributed by atoms with Crippen LogP contribution in [-0.2, 0) is 19.1 Å². The van der Waals surface area contributed by atoms with Gasteiger partial charge in [0.25, 0.3) is 0 Å². The van der Waals surface area contributed by atoms with Crippen molar-refractivity contribution in [3.8, 4) is 0 Å². The van der Waals surface area contributed by atoms with Gasteiger partial charge in [-0.1, -0.05) is 19.0 Å². The second kappa shape index (κ2) is 10.6. The zero-order valence-electron chi connectivity index (χ0n) is 21.0. The predicted molar refractivity (Wildman–Crippen MR) is 146 cm³/mol. The van der Waals surface area contributed by atoms with Crippen molar-refractivity contribution in [2.24, 2.45) is 0 Å². The van der Waals surface area contributed by atoms with E-state index in [1.807, 2.05) is 49.6 Å². The molecule has 37 heavy (non-hydrogen) atoms. The highest BCUT2D eigenvalue weighted by atomic mass is 35.5. The molecule has 200 valence electrons. The lowest BCUT2D eigenvalue weighted by molar-refractivity contribution is -0.156. The summed E-state index contributed by atoms with van der Waals surface area (Å²) in [5.74, 6) is -0.261. The van der Waals surface area contributed by atoms with Gasteiger partial charge in [-0.05, 0) is 45.9 Å². The zero-order valence-corrected chi connectivity index (χ0v) is 21.8. The Labute approximate surface area is 222 Å². The number of carbonyl (C=O) groups excluding carboxylic acids is 2. The standard InChI is InChI=1S/C26H32ClN5O4.CH4/c1-15-10-31(11-16(2)36-15)23(33)12-32-14-26(3,4)35-13-22(32)25(34)30-20-8-17(27)7-19-18-5-6-28-9-21(18)29-24(19)20;/h5-9,15-16,22,29H,10-14H2,1-4H3,(H,30,34);1H4/t15-,16+,22-;/m0./s1. The normalized spacial score (nSPS) is 24.1. The van der Waals surface area contributed by atoms with Gasteiger partial charge in [-0.3, -0.25) is 19.5 Å². The third-order valence-electron chi connectivity index (χ3n) is 6.80. The number of pyridine rings is 1. The fourth-order valence-electron chi connectivity index (χ4n) is 5.25. The second-order valence-electron chi connectivity index (χ2n) is 10.5. The van der Waals surface area contributed by atoms with Gasteiger partial charge in [0.15, 0.2) is 0 Å². The molecule has 3 aromatic rings. The average Bonchev–Trinajstić information content (AvgIpc) is 3.16. The quantitative estimate of drug-likeness (QED) is 0.529. The van der Waals surface area contributed by atoms with Crippen molar-refractivity contribution >= 4 is 50.9 Å². The smallest absolute Gasteiger partial charge is 0.244 e. The van der Waals surface area contributed by atoms with Gasteiger partial charge >= 0.3 is 0 Å². The third-order valence-corrected chi connectivity index (χ3v) is 7.02. The van der Waals surface area contributed by atoms with Crippen LogP contribution in [0.15, 0.2) is 30.6 Å². The summed E-state index contributed by atoms with van der Waals surface area (Å²) in [5, 5.41) is 5.43. The molecule has 2 aliphatic rings. The van der Waals surface area contributed by atoms with E-state index in [0.717, 1.165) is 21.8 Å². The summed E-state index contributed by atoms with van der Waals surface area (Å²) < 4.78 is 11.8. The molecule has 2 aromatic heterocycles. The molecule has 5 rings (SSSR count). The van der Waals surface area contributed by atoms with E-state index in [1.165, 1.54) is 0 Å². The summed E-state index contributed by atoms with van der Waals surface area (Å²) in [6, 6.07) is 4.88. The van der Waals surface area contributed by atoms with E-state index >= 15 is 0 Å². The van der Waals surface area contributed by atoms with E-state index in [-0.39, 0.29) is 44.6 Å². The number of nitrogens with zero attached hydrogens (tertiary/aromatic N) is 3. The highest BCUT2D eigenvalue weighted by Crippen LogP contribution is 2.33. The van der Waals surface area contributed by atoms with Gasteiger partial charge < -0.3 is 24.7 Å². The van der Waals surface area contributed by atoms with E-state index in [1.54, 1.807) is 18.5 Å². The number of aromatic amines is 1. The Bertz CT molecular complexity index is 1300. The van der Waals surface area contributed by atoms with Crippen LogP contribution >= 0.6 is 11.6 Å². The number of ether oxygens (including phenoxy) is 2. The lowest BCUT2D eigenvalue weighted by Gasteiger charge is -2.43. The first-order valence-electron chi connectivity index (χ1n) is 12.3. The van der Waals surface area contributed by atoms with Crippen molar-refractivity contribution in [1.82, 2.24) is 19.8 Å². The molecule has 0 saturated carbocycles. The molecule has 1 aromatic carbocycles. The van der Waals surface area contributed by atoms with Crippen molar-refractivity contribution in [3.05, 3.63) is 35.6 Å². The fraction of sp³-hybridized carbons (Fsp3) is 0.519. The number of halogens is 1. The van der Waals surface area contributed by atoms with Crippen LogP contribution in [0.1, 0.15) is 35.1 Å². The molecule has 0 bridgehead atoms. The Morgan fingerprint density at radius 3 is 2.68 bits per heavy atom. The van der Waals surface area contributed by atoms with E-state index < -0.39 is 11.6 Å². The number of hydrogen-bond acceptors (Lipinski definition) is 6. The maximum absolute atomic E-state index is 13.6. The van der Waals surface area contributed by atoms with Crippen LogP contribution in [0.5, 0.6) is 0 Å². The number of H-pyrrole nitrogens is 1. The van der Waals surface area contributed by atoms with Gasteiger partial charge in [0.1, 0.15) is 6.04 Å². The number of anilines is 1. The number of morpholine rings is 2. The molecule has 0 radical (unpaired) electrons. The van der Waals surface area contributed by atoms with Crippen molar-refractivity contribution in [2.45, 2.75) is 59.0 Å². The van der Waals surface area contributed by atoms with Gasteiger partial charge in [-0.25, -0.2) is 0 Å². The molecular weight excluding hydrogens is 494 g/mol. The largest absolute Gasteiger partial charge is 0.372 e. The number of hydrogen-bond donors (Lipinski definition) is 2. The number of nitrogens with one attached hydrogen (secondary N) is 2. The Balaban J connectivity index is 0.00000320. The summed E-state index contributed by atoms with van der Waals surface area (Å²) in [4.78, 5) is 38.1. The predicted octanol–water partition coefficient (Wildman–Crippen LogP) is 4.06. The third kappa shape index (κ3) is 5.75. The van der Waals surface area contributed by atoms with E-state index in [0.29, 0.717) is 30.3 Å². The maximum Gasteiger partial charge on any atom is 0.244 e. The number of aromatic nitrogens is 2. The number of rotatable bonds is 4. The summed E-state index contributed by atoms with van der Waals surface area (Å²) in [7, 11) is 0. The van der Waals surface area contributed by atoms with Crippen LogP contribution in [0.3, 0.4) is 0 Å². The maximum atomic E-state index is 13.6. The topological polar surface area (TPSA) is 99.8 Å². The number of amides is 2. The molecule has 10 heteroatoms. The van der Waals surface area contributed by atoms with E-state index in [4.69, 9.17) is 21.1 Å². The summed E-state index contributed by atoms with van der Waals surface area (Å²) in [5.41, 5.74) is 1.72. The summed E-state index contributed by atoms with van der Waals surface area (Å²) >= 11 is 6.42. The lowest BCUT2D eigenvalue weighted by Crippen LogP contribution is -2.61. The molecule has 3 atom stereocenters. The van der Waals surface area contributed by atoms with Crippen LogP contribution in [0.25, 0.3) is 21.8 Å². The van der Waals surface area contributed by atoms with E-state index in [9.17, 15) is 9.59 Å². The highest BCUT2D eigenvalue weighted by Gasteiger charge is 2.39. The minimum Gasteiger partial charge on any atom is -0.372 e. The number of benzene rings is 1. The van der Waals surface area contributed by atoms with Crippen LogP contribution in [-0.4, -0.2) is 88.2 Å². The van der Waals surface area contributed by atoms with Crippen LogP contribution in [0, 0.1) is 0 Å². The fourth-order valence-corrected chi connectivity index (χ4v) is 5.47. The minimum absolute atomic E-state index is 0. The van der Waals surface area contributed by atoms with Crippen molar-refractivity contribution in [2.75, 3.05) is 38.1 Å². The molecule has 0 spiro atoms. The number of fused-ring (bicyclic) bond motifs is 3.